The third kappa shape index (κ3) is 3.58. The summed E-state index contributed by atoms with van der Waals surface area (Å²) in [4.78, 5) is 0. The highest BCUT2D eigenvalue weighted by Gasteiger charge is 2.31. The first-order chi connectivity index (χ1) is 8.06. The molecule has 0 aliphatic heterocycles. The van der Waals surface area contributed by atoms with Gasteiger partial charge in [-0.25, -0.2) is 0 Å². The van der Waals surface area contributed by atoms with Crippen molar-refractivity contribution in [1.29, 1.82) is 0 Å². The van der Waals surface area contributed by atoms with E-state index in [1.54, 1.807) is 0 Å². The number of anilines is 1. The van der Waals surface area contributed by atoms with Crippen LogP contribution in [0.15, 0.2) is 24.3 Å². The number of rotatable bonds is 6. The van der Waals surface area contributed by atoms with E-state index < -0.39 is 8.32 Å². The number of hydrogen-bond donors (Lipinski definition) is 1. The zero-order chi connectivity index (χ0) is 12.9. The zero-order valence-electron chi connectivity index (χ0n) is 11.5. The number of nitrogens with two attached hydrogens (primary N) is 1. The van der Waals surface area contributed by atoms with Gasteiger partial charge in [0, 0.05) is 5.69 Å². The zero-order valence-corrected chi connectivity index (χ0v) is 12.5. The van der Waals surface area contributed by atoms with Gasteiger partial charge in [0.15, 0.2) is 8.32 Å². The molecular weight excluding hydrogens is 226 g/mol. The Morgan fingerprint density at radius 1 is 1.18 bits per heavy atom. The Balaban J connectivity index is 2.80. The van der Waals surface area contributed by atoms with Crippen LogP contribution in [0.3, 0.4) is 0 Å². The average molecular weight is 251 g/mol. The number of nitrogen functional groups attached to an aromatic ring is 1. The van der Waals surface area contributed by atoms with Gasteiger partial charge in [0.05, 0.1) is 6.10 Å². The van der Waals surface area contributed by atoms with Gasteiger partial charge in [-0.3, -0.25) is 0 Å². The molecule has 0 spiro atoms. The van der Waals surface area contributed by atoms with Crippen molar-refractivity contribution in [3.8, 4) is 0 Å². The minimum atomic E-state index is -1.52. The summed E-state index contributed by atoms with van der Waals surface area (Å²) in [5, 5.41) is 0. The molecule has 0 saturated heterocycles. The minimum absolute atomic E-state index is 0.157. The lowest BCUT2D eigenvalue weighted by Crippen LogP contribution is -2.36. The molecule has 0 radical (unpaired) electrons. The van der Waals surface area contributed by atoms with Gasteiger partial charge in [-0.2, -0.15) is 0 Å². The standard InChI is InChI=1S/C14H25NOSi/c1-5-17(6-2,7-3)16-12(4)13-9-8-10-14(15)11-13/h8-12H,5-7,15H2,1-4H3. The summed E-state index contributed by atoms with van der Waals surface area (Å²) < 4.78 is 6.41. The molecule has 0 saturated carbocycles. The molecule has 0 bridgehead atoms. The highest BCUT2D eigenvalue weighted by Crippen LogP contribution is 2.29. The molecule has 1 unspecified atom stereocenters. The highest BCUT2D eigenvalue weighted by atomic mass is 28.4. The maximum absolute atomic E-state index is 6.41. The molecule has 0 aliphatic rings. The van der Waals surface area contributed by atoms with Crippen LogP contribution in [0.25, 0.3) is 0 Å². The van der Waals surface area contributed by atoms with Crippen molar-refractivity contribution in [2.24, 2.45) is 0 Å². The van der Waals surface area contributed by atoms with E-state index in [0.717, 1.165) is 5.69 Å². The van der Waals surface area contributed by atoms with Gasteiger partial charge in [0.2, 0.25) is 0 Å². The largest absolute Gasteiger partial charge is 0.410 e. The number of hydrogen-bond acceptors (Lipinski definition) is 2. The normalized spacial score (nSPS) is 13.6. The molecule has 1 atom stereocenters. The Morgan fingerprint density at radius 3 is 2.24 bits per heavy atom. The van der Waals surface area contributed by atoms with Crippen molar-refractivity contribution in [1.82, 2.24) is 0 Å². The van der Waals surface area contributed by atoms with E-state index in [0.29, 0.717) is 0 Å². The summed E-state index contributed by atoms with van der Waals surface area (Å²) in [6.45, 7) is 8.90. The van der Waals surface area contributed by atoms with Crippen LogP contribution in [0, 0.1) is 0 Å². The van der Waals surface area contributed by atoms with Crippen LogP contribution in [0.1, 0.15) is 39.4 Å². The Morgan fingerprint density at radius 2 is 1.76 bits per heavy atom. The lowest BCUT2D eigenvalue weighted by atomic mass is 10.1. The Bertz CT molecular complexity index is 342. The van der Waals surface area contributed by atoms with Crippen LogP contribution < -0.4 is 5.73 Å². The quantitative estimate of drug-likeness (QED) is 0.602. The van der Waals surface area contributed by atoms with Gasteiger partial charge >= 0.3 is 0 Å². The molecular formula is C14H25NOSi. The van der Waals surface area contributed by atoms with Crippen LogP contribution >= 0.6 is 0 Å². The molecule has 17 heavy (non-hydrogen) atoms. The maximum atomic E-state index is 6.41. The third-order valence-electron chi connectivity index (χ3n) is 3.74. The van der Waals surface area contributed by atoms with Crippen LogP contribution in [0.2, 0.25) is 18.1 Å². The third-order valence-corrected chi connectivity index (χ3v) is 8.46. The molecule has 1 aromatic carbocycles. The van der Waals surface area contributed by atoms with E-state index in [1.807, 2.05) is 18.2 Å². The first-order valence-electron chi connectivity index (χ1n) is 6.60. The van der Waals surface area contributed by atoms with Crippen molar-refractivity contribution in [3.05, 3.63) is 29.8 Å². The predicted octanol–water partition coefficient (Wildman–Crippen LogP) is 4.35. The maximum Gasteiger partial charge on any atom is 0.192 e. The van der Waals surface area contributed by atoms with Crippen molar-refractivity contribution in [3.63, 3.8) is 0 Å². The molecule has 1 rings (SSSR count). The van der Waals surface area contributed by atoms with Gasteiger partial charge in [0.1, 0.15) is 0 Å². The van der Waals surface area contributed by atoms with Gasteiger partial charge in [0.25, 0.3) is 0 Å². The fourth-order valence-electron chi connectivity index (χ4n) is 2.25. The summed E-state index contributed by atoms with van der Waals surface area (Å²) in [5.41, 5.74) is 7.82. The van der Waals surface area contributed by atoms with Crippen LogP contribution in [0.4, 0.5) is 5.69 Å². The molecule has 0 aromatic heterocycles. The topological polar surface area (TPSA) is 35.2 Å². The van der Waals surface area contributed by atoms with Crippen LogP contribution in [-0.2, 0) is 4.43 Å². The molecule has 96 valence electrons. The average Bonchev–Trinajstić information content (AvgIpc) is 2.36. The monoisotopic (exact) mass is 251 g/mol. The molecule has 3 heteroatoms. The van der Waals surface area contributed by atoms with E-state index in [1.165, 1.54) is 23.7 Å². The molecule has 2 nitrogen and oxygen atoms in total. The van der Waals surface area contributed by atoms with E-state index in [2.05, 4.69) is 33.8 Å². The van der Waals surface area contributed by atoms with Crippen molar-refractivity contribution < 1.29 is 4.43 Å². The van der Waals surface area contributed by atoms with Crippen LogP contribution in [-0.4, -0.2) is 8.32 Å². The second-order valence-electron chi connectivity index (χ2n) is 4.67. The van der Waals surface area contributed by atoms with E-state index in [9.17, 15) is 0 Å². The first-order valence-corrected chi connectivity index (χ1v) is 9.13. The van der Waals surface area contributed by atoms with E-state index in [-0.39, 0.29) is 6.10 Å². The second kappa shape index (κ2) is 6.22. The second-order valence-corrected chi connectivity index (χ2v) is 9.40. The minimum Gasteiger partial charge on any atom is -0.410 e. The number of benzene rings is 1. The molecule has 1 aromatic rings. The smallest absolute Gasteiger partial charge is 0.192 e. The summed E-state index contributed by atoms with van der Waals surface area (Å²) in [7, 11) is -1.52. The molecule has 2 N–H and O–H groups in total. The molecule has 0 fully saturated rings. The Labute approximate surface area is 106 Å². The predicted molar refractivity (Wildman–Crippen MR) is 77.6 cm³/mol. The summed E-state index contributed by atoms with van der Waals surface area (Å²) in [5.74, 6) is 0. The van der Waals surface area contributed by atoms with Gasteiger partial charge in [-0.15, -0.1) is 0 Å². The van der Waals surface area contributed by atoms with Crippen LogP contribution in [0.5, 0.6) is 0 Å². The lowest BCUT2D eigenvalue weighted by molar-refractivity contribution is 0.210. The van der Waals surface area contributed by atoms with Gasteiger partial charge < -0.3 is 10.2 Å². The first kappa shape index (κ1) is 14.3. The van der Waals surface area contributed by atoms with Crippen molar-refractivity contribution >= 4 is 14.0 Å². The summed E-state index contributed by atoms with van der Waals surface area (Å²) in [6, 6.07) is 11.6. The summed E-state index contributed by atoms with van der Waals surface area (Å²) >= 11 is 0. The van der Waals surface area contributed by atoms with Gasteiger partial charge in [-0.05, 0) is 42.8 Å². The Kier molecular flexibility index (Phi) is 5.21. The highest BCUT2D eigenvalue weighted by molar-refractivity contribution is 6.73. The summed E-state index contributed by atoms with van der Waals surface area (Å²) in [6.07, 6.45) is 0.157. The van der Waals surface area contributed by atoms with Crippen molar-refractivity contribution in [2.45, 2.75) is 51.9 Å². The fraction of sp³-hybridized carbons (Fsp3) is 0.571. The fourth-order valence-corrected chi connectivity index (χ4v) is 5.14. The molecule has 0 heterocycles. The van der Waals surface area contributed by atoms with Crippen molar-refractivity contribution in [2.75, 3.05) is 5.73 Å². The SMILES string of the molecule is CC[Si](CC)(CC)OC(C)c1cccc(N)c1. The lowest BCUT2D eigenvalue weighted by Gasteiger charge is -2.32. The Hall–Kier alpha value is -0.803. The molecule has 0 aliphatic carbocycles. The van der Waals surface area contributed by atoms with E-state index >= 15 is 0 Å². The van der Waals surface area contributed by atoms with Gasteiger partial charge in [-0.1, -0.05) is 32.9 Å². The molecule has 0 amide bonds. The van der Waals surface area contributed by atoms with E-state index in [4.69, 9.17) is 10.2 Å².